The number of amides is 2. The maximum absolute atomic E-state index is 13.2. The van der Waals surface area contributed by atoms with Crippen LogP contribution in [0.4, 0.5) is 10.5 Å². The van der Waals surface area contributed by atoms with E-state index in [2.05, 4.69) is 5.32 Å². The van der Waals surface area contributed by atoms with Gasteiger partial charge in [0.25, 0.3) is 0 Å². The van der Waals surface area contributed by atoms with Crippen molar-refractivity contribution >= 4 is 27.7 Å². The first-order chi connectivity index (χ1) is 16.2. The zero-order chi connectivity index (χ0) is 24.3. The van der Waals surface area contributed by atoms with Gasteiger partial charge in [0.1, 0.15) is 6.04 Å². The first-order valence-corrected chi connectivity index (χ1v) is 13.0. The molecule has 2 amide bonds. The van der Waals surface area contributed by atoms with Crippen LogP contribution in [-0.2, 0) is 31.6 Å². The Balaban J connectivity index is 1.42. The summed E-state index contributed by atoms with van der Waals surface area (Å²) < 4.78 is 31.8. The molecule has 2 aliphatic heterocycles. The first kappa shape index (κ1) is 24.0. The number of sulfonamides is 1. The van der Waals surface area contributed by atoms with Gasteiger partial charge in [-0.2, -0.15) is 0 Å². The van der Waals surface area contributed by atoms with Crippen molar-refractivity contribution in [2.24, 2.45) is 0 Å². The van der Waals surface area contributed by atoms with Gasteiger partial charge in [-0.3, -0.25) is 9.10 Å². The van der Waals surface area contributed by atoms with E-state index in [1.165, 1.54) is 10.6 Å². The van der Waals surface area contributed by atoms with Gasteiger partial charge in [-0.05, 0) is 30.0 Å². The molecule has 2 aliphatic rings. The predicted octanol–water partition coefficient (Wildman–Crippen LogP) is 2.18. The summed E-state index contributed by atoms with van der Waals surface area (Å²) in [7, 11) is -3.42. The quantitative estimate of drug-likeness (QED) is 0.618. The van der Waals surface area contributed by atoms with Crippen molar-refractivity contribution in [3.8, 4) is 0 Å². The number of ether oxygens (including phenoxy) is 1. The van der Waals surface area contributed by atoms with Crippen LogP contribution in [0.25, 0.3) is 0 Å². The second-order valence-corrected chi connectivity index (χ2v) is 10.8. The lowest BCUT2D eigenvalue weighted by molar-refractivity contribution is -0.136. The van der Waals surface area contributed by atoms with Crippen molar-refractivity contribution < 1.29 is 27.9 Å². The largest absolute Gasteiger partial charge is 0.465 e. The van der Waals surface area contributed by atoms with Crippen LogP contribution in [0.2, 0.25) is 0 Å². The Morgan fingerprint density at radius 3 is 2.38 bits per heavy atom. The molecule has 0 bridgehead atoms. The van der Waals surface area contributed by atoms with Gasteiger partial charge < -0.3 is 20.1 Å². The number of carbonyl (C=O) groups is 2. The molecule has 10 heteroatoms. The molecule has 1 spiro atoms. The van der Waals surface area contributed by atoms with Crippen LogP contribution in [0.5, 0.6) is 0 Å². The lowest BCUT2D eigenvalue weighted by Gasteiger charge is -2.40. The normalized spacial score (nSPS) is 17.9. The monoisotopic (exact) mass is 487 g/mol. The number of para-hydroxylation sites is 1. The van der Waals surface area contributed by atoms with Gasteiger partial charge in [0.15, 0.2) is 0 Å². The van der Waals surface area contributed by atoms with Gasteiger partial charge in [-0.25, -0.2) is 13.2 Å². The Bertz CT molecular complexity index is 1150. The van der Waals surface area contributed by atoms with Gasteiger partial charge in [0.2, 0.25) is 15.9 Å². The molecule has 0 saturated carbocycles. The number of hydrogen-bond donors (Lipinski definition) is 2. The summed E-state index contributed by atoms with van der Waals surface area (Å²) in [5, 5.41) is 11.5. The maximum atomic E-state index is 13.2. The summed E-state index contributed by atoms with van der Waals surface area (Å²) in [6, 6.07) is 15.9. The minimum absolute atomic E-state index is 0.0770. The van der Waals surface area contributed by atoms with Gasteiger partial charge >= 0.3 is 6.09 Å². The number of anilines is 1. The highest BCUT2D eigenvalue weighted by Crippen LogP contribution is 2.47. The Morgan fingerprint density at radius 1 is 1.09 bits per heavy atom. The Hall–Kier alpha value is -3.11. The first-order valence-electron chi connectivity index (χ1n) is 11.2. The summed E-state index contributed by atoms with van der Waals surface area (Å²) >= 11 is 0. The molecule has 0 aliphatic carbocycles. The molecular formula is C24H29N3O6S. The second-order valence-electron chi connectivity index (χ2n) is 8.90. The van der Waals surface area contributed by atoms with E-state index >= 15 is 0 Å². The van der Waals surface area contributed by atoms with Crippen LogP contribution >= 0.6 is 0 Å². The van der Waals surface area contributed by atoms with Crippen LogP contribution < -0.4 is 9.62 Å². The fourth-order valence-corrected chi connectivity index (χ4v) is 5.87. The highest BCUT2D eigenvalue weighted by atomic mass is 32.2. The molecular weight excluding hydrogens is 458 g/mol. The van der Waals surface area contributed by atoms with Gasteiger partial charge in [0.05, 0.1) is 25.2 Å². The van der Waals surface area contributed by atoms with Crippen molar-refractivity contribution in [3.05, 3.63) is 65.7 Å². The number of carbonyl (C=O) groups excluding carboxylic acids is 1. The average molecular weight is 488 g/mol. The third-order valence-electron chi connectivity index (χ3n) is 6.61. The molecule has 34 heavy (non-hydrogen) atoms. The van der Waals surface area contributed by atoms with Crippen LogP contribution in [-0.4, -0.2) is 69.0 Å². The number of piperidine rings is 1. The van der Waals surface area contributed by atoms with Crippen molar-refractivity contribution in [2.75, 3.05) is 36.8 Å². The number of fused-ring (bicyclic) bond motifs is 2. The maximum Gasteiger partial charge on any atom is 0.405 e. The van der Waals surface area contributed by atoms with Crippen molar-refractivity contribution in [1.29, 1.82) is 0 Å². The minimum Gasteiger partial charge on any atom is -0.465 e. The molecule has 1 atom stereocenters. The summed E-state index contributed by atoms with van der Waals surface area (Å²) in [5.41, 5.74) is 2.25. The molecule has 1 saturated heterocycles. The smallest absolute Gasteiger partial charge is 0.405 e. The lowest BCUT2D eigenvalue weighted by Crippen LogP contribution is -2.55. The molecule has 2 aromatic carbocycles. The molecule has 1 unspecified atom stereocenters. The second kappa shape index (κ2) is 9.63. The van der Waals surface area contributed by atoms with E-state index < -0.39 is 22.2 Å². The standard InChI is InChI=1S/C24H29N3O6S/c1-34(31,32)27-17-24(19-9-5-6-10-21(19)27)11-13-26(14-12-24)22(28)20(25-23(29)30)16-33-15-18-7-3-2-4-8-18/h2-10,20,25H,11-17H2,1H3,(H,29,30). The highest BCUT2D eigenvalue weighted by Gasteiger charge is 2.47. The average Bonchev–Trinajstić information content (AvgIpc) is 3.14. The van der Waals surface area contributed by atoms with E-state index in [0.717, 1.165) is 11.1 Å². The number of nitrogens with zero attached hydrogens (tertiary/aromatic N) is 2. The summed E-state index contributed by atoms with van der Waals surface area (Å²) in [6.07, 6.45) is 1.10. The van der Waals surface area contributed by atoms with Crippen molar-refractivity contribution in [1.82, 2.24) is 10.2 Å². The molecule has 2 N–H and O–H groups in total. The molecule has 182 valence electrons. The Labute approximate surface area is 199 Å². The number of nitrogens with one attached hydrogen (secondary N) is 1. The van der Waals surface area contributed by atoms with Crippen LogP contribution in [0.15, 0.2) is 54.6 Å². The number of rotatable bonds is 7. The highest BCUT2D eigenvalue weighted by molar-refractivity contribution is 7.92. The SMILES string of the molecule is CS(=O)(=O)N1CC2(CCN(C(=O)C(COCc3ccccc3)NC(=O)O)CC2)c2ccccc21. The lowest BCUT2D eigenvalue weighted by atomic mass is 9.74. The molecule has 2 heterocycles. The predicted molar refractivity (Wildman–Crippen MR) is 127 cm³/mol. The number of hydrogen-bond acceptors (Lipinski definition) is 5. The third kappa shape index (κ3) is 5.02. The summed E-state index contributed by atoms with van der Waals surface area (Å²) in [6.45, 7) is 1.35. The third-order valence-corrected chi connectivity index (χ3v) is 7.74. The molecule has 4 rings (SSSR count). The van der Waals surface area contributed by atoms with E-state index in [4.69, 9.17) is 4.74 Å². The van der Waals surface area contributed by atoms with Gasteiger partial charge in [-0.15, -0.1) is 0 Å². The molecule has 0 radical (unpaired) electrons. The van der Waals surface area contributed by atoms with E-state index in [-0.39, 0.29) is 24.5 Å². The van der Waals surface area contributed by atoms with E-state index in [1.54, 1.807) is 4.90 Å². The molecule has 0 aromatic heterocycles. The Kier molecular flexibility index (Phi) is 6.81. The zero-order valence-corrected chi connectivity index (χ0v) is 19.8. The van der Waals surface area contributed by atoms with Crippen LogP contribution in [0, 0.1) is 0 Å². The fraction of sp³-hybridized carbons (Fsp3) is 0.417. The summed E-state index contributed by atoms with van der Waals surface area (Å²) in [4.78, 5) is 26.1. The number of likely N-dealkylation sites (tertiary alicyclic amines) is 1. The van der Waals surface area contributed by atoms with Crippen LogP contribution in [0.3, 0.4) is 0 Å². The topological polar surface area (TPSA) is 116 Å². The Morgan fingerprint density at radius 2 is 1.74 bits per heavy atom. The molecule has 2 aromatic rings. The van der Waals surface area contributed by atoms with Crippen molar-refractivity contribution in [2.45, 2.75) is 30.9 Å². The molecule has 9 nitrogen and oxygen atoms in total. The number of benzene rings is 2. The number of carboxylic acid groups (broad SMARTS) is 1. The van der Waals surface area contributed by atoms with Crippen molar-refractivity contribution in [3.63, 3.8) is 0 Å². The fourth-order valence-electron chi connectivity index (χ4n) is 4.88. The van der Waals surface area contributed by atoms with E-state index in [0.29, 0.717) is 38.2 Å². The van der Waals surface area contributed by atoms with E-state index in [1.807, 2.05) is 54.6 Å². The summed E-state index contributed by atoms with van der Waals surface area (Å²) in [5.74, 6) is -0.337. The zero-order valence-electron chi connectivity index (χ0n) is 19.0. The van der Waals surface area contributed by atoms with Gasteiger partial charge in [0, 0.05) is 25.0 Å². The van der Waals surface area contributed by atoms with Gasteiger partial charge in [-0.1, -0.05) is 48.5 Å². The van der Waals surface area contributed by atoms with Crippen LogP contribution in [0.1, 0.15) is 24.0 Å². The van der Waals surface area contributed by atoms with E-state index in [9.17, 15) is 23.1 Å². The molecule has 1 fully saturated rings. The minimum atomic E-state index is -3.42.